The van der Waals surface area contributed by atoms with Crippen molar-refractivity contribution in [3.63, 3.8) is 0 Å². The molecule has 0 aliphatic carbocycles. The van der Waals surface area contributed by atoms with E-state index in [0.717, 1.165) is 16.2 Å². The molecule has 0 amide bonds. The van der Waals surface area contributed by atoms with Gasteiger partial charge in [-0.2, -0.15) is 0 Å². The van der Waals surface area contributed by atoms with E-state index in [9.17, 15) is 5.11 Å². The summed E-state index contributed by atoms with van der Waals surface area (Å²) >= 11 is 12.2. The zero-order valence-electron chi connectivity index (χ0n) is 12.9. The molecule has 1 nitrogen and oxygen atoms in total. The van der Waals surface area contributed by atoms with Gasteiger partial charge in [0.05, 0.1) is 10.0 Å². The summed E-state index contributed by atoms with van der Waals surface area (Å²) in [6.07, 6.45) is 4.52. The maximum absolute atomic E-state index is 11.2. The van der Waals surface area contributed by atoms with Crippen LogP contribution >= 0.6 is 30.1 Å². The number of aliphatic hydroxyl groups excluding tert-OH is 1. The lowest BCUT2D eigenvalue weighted by Crippen LogP contribution is -2.21. The number of aliphatic hydroxyl groups is 1. The van der Waals surface area contributed by atoms with Crippen LogP contribution < -0.4 is 10.6 Å². The standard InChI is InChI=1S/C20H17Cl2OP/c1-24(16-8-4-2-5-9-16,17-10-6-3-7-11-17)20(23)15-12-13-18(21)19(22)14-15/h2-14,20,23H,1H2/t20-/m0/s1. The van der Waals surface area contributed by atoms with Crippen LogP contribution in [0.1, 0.15) is 11.4 Å². The van der Waals surface area contributed by atoms with Crippen molar-refractivity contribution in [3.8, 4) is 0 Å². The van der Waals surface area contributed by atoms with Crippen molar-refractivity contribution in [1.29, 1.82) is 0 Å². The second-order valence-corrected chi connectivity index (χ2v) is 9.66. The highest BCUT2D eigenvalue weighted by Crippen LogP contribution is 2.55. The van der Waals surface area contributed by atoms with Crippen molar-refractivity contribution >= 4 is 47.0 Å². The molecule has 0 radical (unpaired) electrons. The van der Waals surface area contributed by atoms with Gasteiger partial charge in [-0.25, -0.2) is 0 Å². The minimum Gasteiger partial charge on any atom is -0.383 e. The summed E-state index contributed by atoms with van der Waals surface area (Å²) in [4.78, 5) is 0. The van der Waals surface area contributed by atoms with E-state index in [0.29, 0.717) is 10.0 Å². The molecule has 3 aromatic rings. The topological polar surface area (TPSA) is 20.2 Å². The normalized spacial score (nSPS) is 12.8. The van der Waals surface area contributed by atoms with E-state index >= 15 is 0 Å². The van der Waals surface area contributed by atoms with Crippen LogP contribution in [0.25, 0.3) is 0 Å². The molecule has 4 heteroatoms. The van der Waals surface area contributed by atoms with E-state index in [1.807, 2.05) is 66.7 Å². The Morgan fingerprint density at radius 1 is 0.750 bits per heavy atom. The molecule has 24 heavy (non-hydrogen) atoms. The van der Waals surface area contributed by atoms with Gasteiger partial charge in [0, 0.05) is 0 Å². The van der Waals surface area contributed by atoms with Gasteiger partial charge in [-0.3, -0.25) is 0 Å². The van der Waals surface area contributed by atoms with E-state index in [-0.39, 0.29) is 0 Å². The fourth-order valence-corrected chi connectivity index (χ4v) is 5.99. The summed E-state index contributed by atoms with van der Waals surface area (Å²) in [7, 11) is 0. The molecule has 0 unspecified atom stereocenters. The molecule has 0 saturated carbocycles. The van der Waals surface area contributed by atoms with Gasteiger partial charge in [-0.1, -0.05) is 96.2 Å². The minimum atomic E-state index is -2.32. The second kappa shape index (κ2) is 7.17. The number of halogens is 2. The van der Waals surface area contributed by atoms with E-state index < -0.39 is 12.7 Å². The summed E-state index contributed by atoms with van der Waals surface area (Å²) < 4.78 is 0. The third-order valence-corrected chi connectivity index (χ3v) is 8.40. The quantitative estimate of drug-likeness (QED) is 0.631. The fourth-order valence-electron chi connectivity index (χ4n) is 2.75. The average molecular weight is 375 g/mol. The molecule has 0 saturated heterocycles. The smallest absolute Gasteiger partial charge is 0.105 e. The van der Waals surface area contributed by atoms with Crippen LogP contribution in [0.2, 0.25) is 10.0 Å². The highest BCUT2D eigenvalue weighted by Gasteiger charge is 2.29. The van der Waals surface area contributed by atoms with Crippen LogP contribution in [0.5, 0.6) is 0 Å². The molecule has 1 atom stereocenters. The van der Waals surface area contributed by atoms with Crippen LogP contribution in [0.4, 0.5) is 0 Å². The predicted molar refractivity (Wildman–Crippen MR) is 108 cm³/mol. The van der Waals surface area contributed by atoms with Crippen LogP contribution in [-0.2, 0) is 0 Å². The lowest BCUT2D eigenvalue weighted by molar-refractivity contribution is 0.265. The monoisotopic (exact) mass is 374 g/mol. The van der Waals surface area contributed by atoms with Gasteiger partial charge in [-0.05, 0) is 35.2 Å². The van der Waals surface area contributed by atoms with Crippen molar-refractivity contribution in [2.24, 2.45) is 0 Å². The summed E-state index contributed by atoms with van der Waals surface area (Å²) in [5, 5.41) is 14.2. The zero-order chi connectivity index (χ0) is 17.2. The van der Waals surface area contributed by atoms with Gasteiger partial charge in [0.2, 0.25) is 0 Å². The maximum Gasteiger partial charge on any atom is 0.105 e. The van der Waals surface area contributed by atoms with Gasteiger partial charge in [0.25, 0.3) is 0 Å². The highest BCUT2D eigenvalue weighted by molar-refractivity contribution is 7.87. The molecular formula is C20H17Cl2OP. The first-order valence-corrected chi connectivity index (χ1v) is 10.3. The Morgan fingerprint density at radius 3 is 1.71 bits per heavy atom. The molecule has 0 aliphatic heterocycles. The Hall–Kier alpha value is -1.50. The van der Waals surface area contributed by atoms with Crippen molar-refractivity contribution in [3.05, 3.63) is 94.5 Å². The van der Waals surface area contributed by atoms with Gasteiger partial charge in [-0.15, -0.1) is 0 Å². The van der Waals surface area contributed by atoms with Crippen LogP contribution in [-0.4, -0.2) is 11.4 Å². The Labute approximate surface area is 152 Å². The van der Waals surface area contributed by atoms with Crippen LogP contribution in [0, 0.1) is 0 Å². The number of hydrogen-bond donors (Lipinski definition) is 1. The molecule has 3 aromatic carbocycles. The first-order valence-electron chi connectivity index (χ1n) is 7.51. The zero-order valence-corrected chi connectivity index (χ0v) is 15.3. The van der Waals surface area contributed by atoms with Crippen molar-refractivity contribution in [1.82, 2.24) is 0 Å². The van der Waals surface area contributed by atoms with Crippen LogP contribution in [0.3, 0.4) is 0 Å². The van der Waals surface area contributed by atoms with Crippen LogP contribution in [0.15, 0.2) is 78.9 Å². The molecule has 1 N–H and O–H groups in total. The average Bonchev–Trinajstić information content (AvgIpc) is 2.64. The minimum absolute atomic E-state index is 0.431. The Morgan fingerprint density at radius 2 is 1.25 bits per heavy atom. The number of benzene rings is 3. The molecule has 0 aromatic heterocycles. The molecular weight excluding hydrogens is 358 g/mol. The van der Waals surface area contributed by atoms with Gasteiger partial charge in [0.1, 0.15) is 5.85 Å². The SMILES string of the molecule is C=P(c1ccccc1)(c1ccccc1)[C@H](O)c1ccc(Cl)c(Cl)c1. The van der Waals surface area contributed by atoms with E-state index in [1.165, 1.54) is 0 Å². The molecule has 0 bridgehead atoms. The summed E-state index contributed by atoms with van der Waals surface area (Å²) in [5.41, 5.74) is 0.723. The van der Waals surface area contributed by atoms with Gasteiger partial charge >= 0.3 is 0 Å². The third kappa shape index (κ3) is 3.18. The van der Waals surface area contributed by atoms with Gasteiger partial charge in [0.15, 0.2) is 0 Å². The number of hydrogen-bond acceptors (Lipinski definition) is 1. The molecule has 0 aliphatic rings. The van der Waals surface area contributed by atoms with E-state index in [4.69, 9.17) is 23.2 Å². The fraction of sp³-hybridized carbons (Fsp3) is 0.0500. The van der Waals surface area contributed by atoms with Crippen molar-refractivity contribution < 1.29 is 5.11 Å². The van der Waals surface area contributed by atoms with Gasteiger partial charge < -0.3 is 5.11 Å². The lowest BCUT2D eigenvalue weighted by Gasteiger charge is -2.31. The third-order valence-electron chi connectivity index (χ3n) is 4.09. The first kappa shape index (κ1) is 17.3. The Bertz CT molecular complexity index is 835. The summed E-state index contributed by atoms with van der Waals surface area (Å²) in [5.74, 6) is -0.767. The van der Waals surface area contributed by atoms with Crippen molar-refractivity contribution in [2.75, 3.05) is 0 Å². The van der Waals surface area contributed by atoms with E-state index in [2.05, 4.69) is 6.30 Å². The van der Waals surface area contributed by atoms with E-state index in [1.54, 1.807) is 12.1 Å². The number of rotatable bonds is 4. The molecule has 122 valence electrons. The van der Waals surface area contributed by atoms with Crippen molar-refractivity contribution in [2.45, 2.75) is 5.85 Å². The molecule has 3 rings (SSSR count). The lowest BCUT2D eigenvalue weighted by atomic mass is 10.2. The second-order valence-electron chi connectivity index (χ2n) is 5.59. The Balaban J connectivity index is 2.18. The molecule has 0 fully saturated rings. The summed E-state index contributed by atoms with van der Waals surface area (Å²) in [6, 6.07) is 25.1. The maximum atomic E-state index is 11.2. The highest BCUT2D eigenvalue weighted by atomic mass is 35.5. The molecule has 0 spiro atoms. The first-order chi connectivity index (χ1) is 11.5. The molecule has 0 heterocycles. The largest absolute Gasteiger partial charge is 0.383 e. The predicted octanol–water partition coefficient (Wildman–Crippen LogP) is 5.08. The summed E-state index contributed by atoms with van der Waals surface area (Å²) in [6.45, 7) is -2.32. The Kier molecular flexibility index (Phi) is 5.18.